The number of aromatic nitrogens is 3. The maximum absolute atomic E-state index is 12.5. The molecule has 0 aliphatic carbocycles. The molecule has 5 heteroatoms. The molecule has 0 atom stereocenters. The van der Waals surface area contributed by atoms with Gasteiger partial charge in [-0.25, -0.2) is 9.97 Å². The van der Waals surface area contributed by atoms with Crippen LogP contribution in [0.1, 0.15) is 34.5 Å². The molecule has 0 aromatic carbocycles. The Balaban J connectivity index is 1.82. The third-order valence-corrected chi connectivity index (χ3v) is 3.48. The summed E-state index contributed by atoms with van der Waals surface area (Å²) in [6.07, 6.45) is 5.07. The van der Waals surface area contributed by atoms with Crippen molar-refractivity contribution in [2.75, 3.05) is 6.54 Å². The lowest BCUT2D eigenvalue weighted by molar-refractivity contribution is 0.0720. The second-order valence-electron chi connectivity index (χ2n) is 4.79. The Bertz CT molecular complexity index is 627. The summed E-state index contributed by atoms with van der Waals surface area (Å²) in [4.78, 5) is 27.1. The maximum Gasteiger partial charge on any atom is 0.256 e. The Hall–Kier alpha value is -2.30. The lowest BCUT2D eigenvalue weighted by Crippen LogP contribution is -2.38. The number of carbonyl (C=O) groups is 1. The van der Waals surface area contributed by atoms with Crippen LogP contribution in [0.5, 0.6) is 0 Å². The number of carbonyl (C=O) groups excluding carboxylic acids is 1. The quantitative estimate of drug-likeness (QED) is 0.849. The fourth-order valence-electron chi connectivity index (χ4n) is 2.37. The Kier molecular flexibility index (Phi) is 3.41. The van der Waals surface area contributed by atoms with Crippen molar-refractivity contribution < 1.29 is 4.79 Å². The van der Waals surface area contributed by atoms with Crippen LogP contribution in [0.4, 0.5) is 0 Å². The predicted molar refractivity (Wildman–Crippen MR) is 74.1 cm³/mol. The molecule has 102 valence electrons. The molecule has 1 amide bonds. The number of hydrogen-bond acceptors (Lipinski definition) is 4. The van der Waals surface area contributed by atoms with Crippen molar-refractivity contribution in [2.45, 2.75) is 26.3 Å². The highest BCUT2D eigenvalue weighted by atomic mass is 16.2. The topological polar surface area (TPSA) is 59.0 Å². The summed E-state index contributed by atoms with van der Waals surface area (Å²) in [6, 6.07) is 5.59. The van der Waals surface area contributed by atoms with Gasteiger partial charge in [0.15, 0.2) is 0 Å². The molecular weight excluding hydrogens is 252 g/mol. The molecule has 0 saturated heterocycles. The number of hydrogen-bond donors (Lipinski definition) is 0. The molecule has 1 aliphatic rings. The maximum atomic E-state index is 12.5. The van der Waals surface area contributed by atoms with Crippen molar-refractivity contribution in [3.05, 3.63) is 53.4 Å². The normalized spacial score (nSPS) is 14.2. The Morgan fingerprint density at radius 2 is 2.05 bits per heavy atom. The van der Waals surface area contributed by atoms with E-state index in [1.807, 2.05) is 12.1 Å². The Labute approximate surface area is 117 Å². The van der Waals surface area contributed by atoms with Crippen molar-refractivity contribution in [3.63, 3.8) is 0 Å². The summed E-state index contributed by atoms with van der Waals surface area (Å²) in [5.74, 6) is 0.691. The molecule has 1 aliphatic heterocycles. The Morgan fingerprint density at radius 1 is 1.25 bits per heavy atom. The van der Waals surface area contributed by atoms with Crippen molar-refractivity contribution in [3.8, 4) is 0 Å². The molecule has 0 saturated carbocycles. The van der Waals surface area contributed by atoms with Gasteiger partial charge in [-0.3, -0.25) is 9.78 Å². The summed E-state index contributed by atoms with van der Waals surface area (Å²) >= 11 is 0. The zero-order valence-corrected chi connectivity index (χ0v) is 11.4. The minimum absolute atomic E-state index is 0.0221. The van der Waals surface area contributed by atoms with Crippen LogP contribution >= 0.6 is 0 Å². The van der Waals surface area contributed by atoms with E-state index in [2.05, 4.69) is 21.9 Å². The Morgan fingerprint density at radius 3 is 2.80 bits per heavy atom. The molecule has 3 rings (SSSR count). The fraction of sp³-hybridized carbons (Fsp3) is 0.333. The van der Waals surface area contributed by atoms with E-state index in [9.17, 15) is 4.79 Å². The first kappa shape index (κ1) is 12.7. The molecular formula is C15H16N4O. The highest BCUT2D eigenvalue weighted by Crippen LogP contribution is 2.19. The molecule has 20 heavy (non-hydrogen) atoms. The molecule has 2 aromatic rings. The van der Waals surface area contributed by atoms with Crippen LogP contribution in [0, 0.1) is 0 Å². The third-order valence-electron chi connectivity index (χ3n) is 3.48. The summed E-state index contributed by atoms with van der Waals surface area (Å²) < 4.78 is 0. The molecule has 2 aromatic heterocycles. The van der Waals surface area contributed by atoms with Gasteiger partial charge in [-0.2, -0.15) is 0 Å². The number of aryl methyl sites for hydroxylation is 1. The van der Waals surface area contributed by atoms with Crippen LogP contribution < -0.4 is 0 Å². The van der Waals surface area contributed by atoms with Crippen LogP contribution in [-0.2, 0) is 19.4 Å². The van der Waals surface area contributed by atoms with E-state index >= 15 is 0 Å². The van der Waals surface area contributed by atoms with Crippen LogP contribution in [-0.4, -0.2) is 32.3 Å². The van der Waals surface area contributed by atoms with E-state index in [4.69, 9.17) is 0 Å². The average molecular weight is 268 g/mol. The second kappa shape index (κ2) is 5.36. The van der Waals surface area contributed by atoms with Crippen molar-refractivity contribution in [1.82, 2.24) is 19.9 Å². The lowest BCUT2D eigenvalue weighted by Gasteiger charge is -2.27. The van der Waals surface area contributed by atoms with Gasteiger partial charge < -0.3 is 4.90 Å². The molecule has 5 nitrogen and oxygen atoms in total. The first-order valence-corrected chi connectivity index (χ1v) is 6.82. The van der Waals surface area contributed by atoms with E-state index in [0.29, 0.717) is 24.5 Å². The van der Waals surface area contributed by atoms with Gasteiger partial charge in [-0.1, -0.05) is 6.92 Å². The molecule has 3 heterocycles. The van der Waals surface area contributed by atoms with E-state index < -0.39 is 0 Å². The van der Waals surface area contributed by atoms with Gasteiger partial charge in [-0.15, -0.1) is 0 Å². The van der Waals surface area contributed by atoms with E-state index in [0.717, 1.165) is 24.2 Å². The van der Waals surface area contributed by atoms with Gasteiger partial charge in [-0.05, 0) is 24.6 Å². The highest BCUT2D eigenvalue weighted by Gasteiger charge is 2.25. The van der Waals surface area contributed by atoms with Gasteiger partial charge >= 0.3 is 0 Å². The minimum Gasteiger partial charge on any atom is -0.331 e. The lowest BCUT2D eigenvalue weighted by atomic mass is 10.0. The second-order valence-corrected chi connectivity index (χ2v) is 4.79. The number of fused-ring (bicyclic) bond motifs is 1. The smallest absolute Gasteiger partial charge is 0.256 e. The van der Waals surface area contributed by atoms with Crippen molar-refractivity contribution in [1.29, 1.82) is 0 Å². The van der Waals surface area contributed by atoms with Crippen molar-refractivity contribution >= 4 is 5.91 Å². The van der Waals surface area contributed by atoms with Crippen LogP contribution in [0.3, 0.4) is 0 Å². The largest absolute Gasteiger partial charge is 0.331 e. The summed E-state index contributed by atoms with van der Waals surface area (Å²) in [5.41, 5.74) is 2.67. The van der Waals surface area contributed by atoms with E-state index in [1.165, 1.54) is 0 Å². The van der Waals surface area contributed by atoms with Crippen molar-refractivity contribution in [2.24, 2.45) is 0 Å². The van der Waals surface area contributed by atoms with E-state index in [1.54, 1.807) is 23.4 Å². The van der Waals surface area contributed by atoms with Gasteiger partial charge in [0.2, 0.25) is 0 Å². The fourth-order valence-corrected chi connectivity index (χ4v) is 2.37. The molecule has 0 unspecified atom stereocenters. The minimum atomic E-state index is 0.0221. The molecule has 0 N–H and O–H groups in total. The zero-order valence-electron chi connectivity index (χ0n) is 11.4. The predicted octanol–water partition coefficient (Wildman–Crippen LogP) is 1.63. The molecule has 0 bridgehead atoms. The molecule has 0 spiro atoms. The zero-order chi connectivity index (χ0) is 13.9. The third kappa shape index (κ3) is 2.39. The number of pyridine rings is 1. The monoisotopic (exact) mass is 268 g/mol. The molecule has 0 radical (unpaired) electrons. The highest BCUT2D eigenvalue weighted by molar-refractivity contribution is 5.96. The number of amides is 1. The van der Waals surface area contributed by atoms with Gasteiger partial charge in [0.05, 0.1) is 17.8 Å². The summed E-state index contributed by atoms with van der Waals surface area (Å²) in [6.45, 7) is 3.19. The first-order valence-electron chi connectivity index (χ1n) is 6.82. The number of rotatable bonds is 3. The average Bonchev–Trinajstić information content (AvgIpc) is 2.51. The van der Waals surface area contributed by atoms with Crippen LogP contribution in [0.25, 0.3) is 0 Å². The summed E-state index contributed by atoms with van der Waals surface area (Å²) in [5, 5.41) is 0. The SMILES string of the molecule is CCc1ccc2c(n1)CCN(Cc1ncccn1)C2=O. The molecule has 0 fully saturated rings. The first-order chi connectivity index (χ1) is 9.78. The van der Waals surface area contributed by atoms with Gasteiger partial charge in [0.1, 0.15) is 5.82 Å². The standard InChI is InChI=1S/C15H16N4O/c1-2-11-4-5-12-13(18-11)6-9-19(15(12)20)10-14-16-7-3-8-17-14/h3-5,7-8H,2,6,9-10H2,1H3. The van der Waals surface area contributed by atoms with Crippen LogP contribution in [0.15, 0.2) is 30.6 Å². The van der Waals surface area contributed by atoms with E-state index in [-0.39, 0.29) is 5.91 Å². The number of nitrogens with zero attached hydrogens (tertiary/aromatic N) is 4. The van der Waals surface area contributed by atoms with Gasteiger partial charge in [0.25, 0.3) is 5.91 Å². The van der Waals surface area contributed by atoms with Gasteiger partial charge in [0, 0.05) is 31.1 Å². The van der Waals surface area contributed by atoms with Crippen LogP contribution in [0.2, 0.25) is 0 Å². The summed E-state index contributed by atoms with van der Waals surface area (Å²) in [7, 11) is 0.